The lowest BCUT2D eigenvalue weighted by atomic mass is 10.1. The number of non-ortho nitro benzene ring substituents is 1. The molecule has 0 spiro atoms. The molecular weight excluding hydrogens is 318 g/mol. The zero-order valence-corrected chi connectivity index (χ0v) is 12.7. The summed E-state index contributed by atoms with van der Waals surface area (Å²) in [7, 11) is 0. The van der Waals surface area contributed by atoms with Crippen molar-refractivity contribution in [1.29, 1.82) is 0 Å². The molecule has 2 rings (SSSR count). The van der Waals surface area contributed by atoms with Crippen molar-refractivity contribution in [3.63, 3.8) is 0 Å². The van der Waals surface area contributed by atoms with Gasteiger partial charge >= 0.3 is 0 Å². The molecule has 23 heavy (non-hydrogen) atoms. The smallest absolute Gasteiger partial charge is 0.271 e. The maximum absolute atomic E-state index is 11.9. The van der Waals surface area contributed by atoms with Gasteiger partial charge in [0.25, 0.3) is 5.69 Å². The number of nitro groups is 1. The molecule has 2 aromatic carbocycles. The lowest BCUT2D eigenvalue weighted by Crippen LogP contribution is -2.35. The number of thiocarbonyl (C=S) groups is 1. The van der Waals surface area contributed by atoms with E-state index >= 15 is 0 Å². The number of phenolic OH excluding ortho intramolecular Hbond substituents is 1. The van der Waals surface area contributed by atoms with E-state index in [0.717, 1.165) is 17.7 Å². The molecule has 7 nitrogen and oxygen atoms in total. The molecule has 2 aromatic rings. The quantitative estimate of drug-likeness (QED) is 0.344. The van der Waals surface area contributed by atoms with E-state index in [4.69, 9.17) is 12.2 Å². The Kier molecular flexibility index (Phi) is 5.21. The van der Waals surface area contributed by atoms with Gasteiger partial charge in [0.1, 0.15) is 5.75 Å². The van der Waals surface area contributed by atoms with E-state index in [1.807, 2.05) is 30.3 Å². The first-order valence-electron chi connectivity index (χ1n) is 6.58. The molecule has 0 bridgehead atoms. The van der Waals surface area contributed by atoms with Gasteiger partial charge in [0.15, 0.2) is 5.11 Å². The second-order valence-corrected chi connectivity index (χ2v) is 5.03. The van der Waals surface area contributed by atoms with Crippen LogP contribution in [0.3, 0.4) is 0 Å². The zero-order valence-electron chi connectivity index (χ0n) is 11.9. The highest BCUT2D eigenvalue weighted by molar-refractivity contribution is 7.80. The number of nitro benzene ring substituents is 1. The molecule has 0 heterocycles. The first-order chi connectivity index (χ1) is 11.0. The van der Waals surface area contributed by atoms with Crippen molar-refractivity contribution in [1.82, 2.24) is 5.32 Å². The number of benzene rings is 2. The first-order valence-corrected chi connectivity index (χ1v) is 6.98. The molecule has 0 atom stereocenters. The summed E-state index contributed by atoms with van der Waals surface area (Å²) in [5, 5.41) is 25.4. The van der Waals surface area contributed by atoms with Crippen molar-refractivity contribution < 1.29 is 14.8 Å². The highest BCUT2D eigenvalue weighted by Crippen LogP contribution is 2.27. The van der Waals surface area contributed by atoms with E-state index in [9.17, 15) is 20.0 Å². The fourth-order valence-electron chi connectivity index (χ4n) is 1.84. The van der Waals surface area contributed by atoms with Crippen LogP contribution in [0.15, 0.2) is 48.5 Å². The molecule has 1 amide bonds. The number of aromatic hydroxyl groups is 1. The van der Waals surface area contributed by atoms with Gasteiger partial charge in [-0.2, -0.15) is 0 Å². The van der Waals surface area contributed by atoms with Crippen LogP contribution in [0.4, 0.5) is 11.4 Å². The summed E-state index contributed by atoms with van der Waals surface area (Å²) in [5.41, 5.74) is 0.666. The van der Waals surface area contributed by atoms with Crippen molar-refractivity contribution in [2.24, 2.45) is 0 Å². The number of anilines is 1. The Hall–Kier alpha value is -3.00. The van der Waals surface area contributed by atoms with Crippen molar-refractivity contribution in [2.45, 2.75) is 6.42 Å². The van der Waals surface area contributed by atoms with Crippen LogP contribution in [-0.4, -0.2) is 21.0 Å². The predicted molar refractivity (Wildman–Crippen MR) is 89.3 cm³/mol. The average molecular weight is 331 g/mol. The van der Waals surface area contributed by atoms with Crippen molar-refractivity contribution in [3.8, 4) is 5.75 Å². The number of carbonyl (C=O) groups excluding carboxylic acids is 1. The van der Waals surface area contributed by atoms with Crippen LogP contribution >= 0.6 is 12.2 Å². The number of carbonyl (C=O) groups is 1. The van der Waals surface area contributed by atoms with Crippen molar-refractivity contribution in [3.05, 3.63) is 64.2 Å². The van der Waals surface area contributed by atoms with E-state index in [0.29, 0.717) is 0 Å². The van der Waals surface area contributed by atoms with Crippen LogP contribution in [0.25, 0.3) is 0 Å². The first kappa shape index (κ1) is 16.4. The summed E-state index contributed by atoms with van der Waals surface area (Å²) in [5.74, 6) is -0.547. The van der Waals surface area contributed by atoms with Gasteiger partial charge in [0, 0.05) is 12.1 Å². The second kappa shape index (κ2) is 7.32. The van der Waals surface area contributed by atoms with E-state index in [-0.39, 0.29) is 34.6 Å². The third-order valence-electron chi connectivity index (χ3n) is 2.90. The minimum absolute atomic E-state index is 0.0456. The highest BCUT2D eigenvalue weighted by atomic mass is 32.1. The summed E-state index contributed by atoms with van der Waals surface area (Å²) in [6, 6.07) is 12.6. The summed E-state index contributed by atoms with van der Waals surface area (Å²) in [4.78, 5) is 22.0. The largest absolute Gasteiger partial charge is 0.506 e. The predicted octanol–water partition coefficient (Wildman–Crippen LogP) is 2.36. The maximum Gasteiger partial charge on any atom is 0.271 e. The van der Waals surface area contributed by atoms with Crippen LogP contribution < -0.4 is 10.6 Å². The Bertz CT molecular complexity index is 750. The standard InChI is InChI=1S/C15H13N3O4S/c19-13-7-6-11(18(21)22)9-12(13)16-15(23)17-14(20)8-10-4-2-1-3-5-10/h1-7,9,19H,8H2,(H2,16,17,20,23). The van der Waals surface area contributed by atoms with Crippen LogP contribution in [0.5, 0.6) is 5.75 Å². The number of phenols is 1. The van der Waals surface area contributed by atoms with E-state index < -0.39 is 4.92 Å². The molecule has 3 N–H and O–H groups in total. The number of amides is 1. The van der Waals surface area contributed by atoms with E-state index in [1.165, 1.54) is 6.07 Å². The molecule has 0 aliphatic carbocycles. The number of nitrogens with zero attached hydrogens (tertiary/aromatic N) is 1. The summed E-state index contributed by atoms with van der Waals surface area (Å²) >= 11 is 4.97. The minimum atomic E-state index is -0.596. The molecule has 0 aliphatic heterocycles. The van der Waals surface area contributed by atoms with Crippen LogP contribution in [-0.2, 0) is 11.2 Å². The molecule has 0 aliphatic rings. The number of hydrogen-bond acceptors (Lipinski definition) is 5. The van der Waals surface area contributed by atoms with E-state index in [2.05, 4.69) is 10.6 Å². The number of hydrogen-bond donors (Lipinski definition) is 3. The highest BCUT2D eigenvalue weighted by Gasteiger charge is 2.12. The molecule has 118 valence electrons. The van der Waals surface area contributed by atoms with Gasteiger partial charge in [0.2, 0.25) is 5.91 Å². The number of rotatable bonds is 4. The van der Waals surface area contributed by atoms with Gasteiger partial charge < -0.3 is 15.7 Å². The van der Waals surface area contributed by atoms with Crippen LogP contribution in [0, 0.1) is 10.1 Å². The fraction of sp³-hybridized carbons (Fsp3) is 0.0667. The third kappa shape index (κ3) is 4.75. The van der Waals surface area contributed by atoms with Gasteiger partial charge in [-0.15, -0.1) is 0 Å². The number of nitrogens with one attached hydrogen (secondary N) is 2. The summed E-state index contributed by atoms with van der Waals surface area (Å²) in [6.45, 7) is 0. The SMILES string of the molecule is O=C(Cc1ccccc1)NC(=S)Nc1cc([N+](=O)[O-])ccc1O. The fourth-order valence-corrected chi connectivity index (χ4v) is 2.07. The third-order valence-corrected chi connectivity index (χ3v) is 3.10. The van der Waals surface area contributed by atoms with Gasteiger partial charge in [-0.05, 0) is 23.8 Å². The van der Waals surface area contributed by atoms with E-state index in [1.54, 1.807) is 0 Å². The Morgan fingerprint density at radius 3 is 2.57 bits per heavy atom. The molecule has 0 saturated carbocycles. The lowest BCUT2D eigenvalue weighted by molar-refractivity contribution is -0.384. The van der Waals surface area contributed by atoms with Gasteiger partial charge in [-0.3, -0.25) is 14.9 Å². The zero-order chi connectivity index (χ0) is 16.8. The monoisotopic (exact) mass is 331 g/mol. The second-order valence-electron chi connectivity index (χ2n) is 4.62. The van der Waals surface area contributed by atoms with Crippen molar-refractivity contribution in [2.75, 3.05) is 5.32 Å². The molecule has 0 aromatic heterocycles. The molecule has 0 fully saturated rings. The average Bonchev–Trinajstić information content (AvgIpc) is 2.50. The van der Waals surface area contributed by atoms with Crippen LogP contribution in [0.2, 0.25) is 0 Å². The van der Waals surface area contributed by atoms with Crippen molar-refractivity contribution >= 4 is 34.6 Å². The Morgan fingerprint density at radius 1 is 1.22 bits per heavy atom. The molecule has 8 heteroatoms. The molecular formula is C15H13N3O4S. The minimum Gasteiger partial charge on any atom is -0.506 e. The molecule has 0 unspecified atom stereocenters. The normalized spacial score (nSPS) is 9.91. The lowest BCUT2D eigenvalue weighted by Gasteiger charge is -2.10. The molecule has 0 radical (unpaired) electrons. The Morgan fingerprint density at radius 2 is 1.91 bits per heavy atom. The Labute approximate surface area is 137 Å². The summed E-state index contributed by atoms with van der Waals surface area (Å²) in [6.07, 6.45) is 0.142. The topological polar surface area (TPSA) is 104 Å². The van der Waals surface area contributed by atoms with Gasteiger partial charge in [-0.25, -0.2) is 0 Å². The molecule has 0 saturated heterocycles. The van der Waals surface area contributed by atoms with Gasteiger partial charge in [0.05, 0.1) is 17.0 Å². The van der Waals surface area contributed by atoms with Crippen LogP contribution in [0.1, 0.15) is 5.56 Å². The van der Waals surface area contributed by atoms with Gasteiger partial charge in [-0.1, -0.05) is 30.3 Å². The Balaban J connectivity index is 1.98. The summed E-state index contributed by atoms with van der Waals surface area (Å²) < 4.78 is 0. The maximum atomic E-state index is 11.9.